The molecule has 1 aliphatic rings. The number of halogens is 1. The summed E-state index contributed by atoms with van der Waals surface area (Å²) >= 11 is 3.41. The summed E-state index contributed by atoms with van der Waals surface area (Å²) in [6.45, 7) is 3.20. The van der Waals surface area contributed by atoms with Crippen molar-refractivity contribution in [1.82, 2.24) is 5.32 Å². The number of aliphatic hydroxyl groups excluding tert-OH is 1. The zero-order chi connectivity index (χ0) is 15.1. The van der Waals surface area contributed by atoms with E-state index in [1.54, 1.807) is 0 Å². The molecule has 3 atom stereocenters. The van der Waals surface area contributed by atoms with Gasteiger partial charge in [-0.05, 0) is 37.0 Å². The maximum atomic E-state index is 10.0. The van der Waals surface area contributed by atoms with Gasteiger partial charge in [0.05, 0.1) is 0 Å². The van der Waals surface area contributed by atoms with Crippen LogP contribution in [0.5, 0.6) is 5.75 Å². The van der Waals surface area contributed by atoms with Crippen LogP contribution < -0.4 is 10.1 Å². The minimum absolute atomic E-state index is 0.327. The monoisotopic (exact) mass is 355 g/mol. The van der Waals surface area contributed by atoms with E-state index in [4.69, 9.17) is 4.74 Å². The van der Waals surface area contributed by atoms with Crippen molar-refractivity contribution in [1.29, 1.82) is 0 Å². The lowest BCUT2D eigenvalue weighted by Crippen LogP contribution is -2.40. The second-order valence-electron chi connectivity index (χ2n) is 5.97. The Kier molecular flexibility index (Phi) is 7.00. The van der Waals surface area contributed by atoms with Gasteiger partial charge in [0, 0.05) is 17.1 Å². The fraction of sp³-hybridized carbons (Fsp3) is 0.647. The van der Waals surface area contributed by atoms with Gasteiger partial charge in [-0.25, -0.2) is 0 Å². The first-order valence-corrected chi connectivity index (χ1v) is 8.76. The Morgan fingerprint density at radius 1 is 1.43 bits per heavy atom. The number of nitrogens with one attached hydrogen (secondary N) is 1. The molecule has 0 aromatic heterocycles. The third kappa shape index (κ3) is 5.97. The molecule has 0 heterocycles. The van der Waals surface area contributed by atoms with Gasteiger partial charge in [0.25, 0.3) is 0 Å². The van der Waals surface area contributed by atoms with Crippen molar-refractivity contribution in [2.45, 2.75) is 51.2 Å². The Labute approximate surface area is 136 Å². The summed E-state index contributed by atoms with van der Waals surface area (Å²) in [6.07, 6.45) is 5.95. The van der Waals surface area contributed by atoms with Gasteiger partial charge in [-0.3, -0.25) is 0 Å². The first-order chi connectivity index (χ1) is 10.2. The van der Waals surface area contributed by atoms with Crippen molar-refractivity contribution in [3.63, 3.8) is 0 Å². The Morgan fingerprint density at radius 3 is 3.05 bits per heavy atom. The van der Waals surface area contributed by atoms with Gasteiger partial charge in [-0.2, -0.15) is 0 Å². The Morgan fingerprint density at radius 2 is 2.29 bits per heavy atom. The van der Waals surface area contributed by atoms with E-state index in [9.17, 15) is 5.11 Å². The van der Waals surface area contributed by atoms with E-state index in [-0.39, 0.29) is 0 Å². The van der Waals surface area contributed by atoms with Crippen molar-refractivity contribution in [3.05, 3.63) is 28.7 Å². The Balaban J connectivity index is 1.66. The van der Waals surface area contributed by atoms with E-state index in [1.165, 1.54) is 32.1 Å². The summed E-state index contributed by atoms with van der Waals surface area (Å²) in [5.74, 6) is 1.64. The summed E-state index contributed by atoms with van der Waals surface area (Å²) in [5.41, 5.74) is 0. The van der Waals surface area contributed by atoms with Crippen LogP contribution in [0.25, 0.3) is 0 Å². The smallest absolute Gasteiger partial charge is 0.120 e. The van der Waals surface area contributed by atoms with Crippen LogP contribution in [-0.4, -0.2) is 30.4 Å². The van der Waals surface area contributed by atoms with Crippen LogP contribution in [0.15, 0.2) is 28.7 Å². The van der Waals surface area contributed by atoms with Crippen molar-refractivity contribution < 1.29 is 9.84 Å². The number of benzene rings is 1. The summed E-state index contributed by atoms with van der Waals surface area (Å²) in [4.78, 5) is 0. The second kappa shape index (κ2) is 8.76. The van der Waals surface area contributed by atoms with Crippen LogP contribution in [0.4, 0.5) is 0 Å². The summed E-state index contributed by atoms with van der Waals surface area (Å²) in [7, 11) is 0. The van der Waals surface area contributed by atoms with Crippen LogP contribution in [-0.2, 0) is 0 Å². The van der Waals surface area contributed by atoms with Crippen LogP contribution in [0.3, 0.4) is 0 Å². The highest BCUT2D eigenvalue weighted by Gasteiger charge is 2.20. The van der Waals surface area contributed by atoms with Crippen LogP contribution in [0.2, 0.25) is 0 Å². The summed E-state index contributed by atoms with van der Waals surface area (Å²) in [6, 6.07) is 8.25. The Bertz CT molecular complexity index is 427. The molecule has 0 radical (unpaired) electrons. The molecular weight excluding hydrogens is 330 g/mol. The average molecular weight is 356 g/mol. The molecule has 1 aromatic carbocycles. The highest BCUT2D eigenvalue weighted by Crippen LogP contribution is 2.26. The third-order valence-corrected chi connectivity index (χ3v) is 4.73. The second-order valence-corrected chi connectivity index (χ2v) is 6.88. The number of aliphatic hydroxyl groups is 1. The van der Waals surface area contributed by atoms with Crippen molar-refractivity contribution in [2.24, 2.45) is 5.92 Å². The molecular formula is C17H26BrNO2. The van der Waals surface area contributed by atoms with E-state index in [0.29, 0.717) is 19.2 Å². The van der Waals surface area contributed by atoms with Gasteiger partial charge in [0.2, 0.25) is 0 Å². The van der Waals surface area contributed by atoms with E-state index in [0.717, 1.165) is 16.1 Å². The fourth-order valence-corrected chi connectivity index (χ4v) is 3.34. The largest absolute Gasteiger partial charge is 0.491 e. The van der Waals surface area contributed by atoms with Crippen LogP contribution >= 0.6 is 15.9 Å². The van der Waals surface area contributed by atoms with Crippen LogP contribution in [0, 0.1) is 5.92 Å². The third-order valence-electron chi connectivity index (χ3n) is 4.24. The molecule has 0 bridgehead atoms. The normalized spacial score (nSPS) is 23.8. The van der Waals surface area contributed by atoms with Crippen molar-refractivity contribution >= 4 is 15.9 Å². The van der Waals surface area contributed by atoms with Gasteiger partial charge < -0.3 is 15.2 Å². The van der Waals surface area contributed by atoms with E-state index < -0.39 is 6.10 Å². The minimum atomic E-state index is -0.467. The molecule has 1 fully saturated rings. The van der Waals surface area contributed by atoms with Crippen molar-refractivity contribution in [2.75, 3.05) is 13.2 Å². The minimum Gasteiger partial charge on any atom is -0.491 e. The van der Waals surface area contributed by atoms with Gasteiger partial charge in [0.1, 0.15) is 18.5 Å². The zero-order valence-electron chi connectivity index (χ0n) is 12.7. The maximum Gasteiger partial charge on any atom is 0.120 e. The summed E-state index contributed by atoms with van der Waals surface area (Å²) < 4.78 is 6.60. The predicted octanol–water partition coefficient (Wildman–Crippen LogP) is 3.75. The molecule has 2 N–H and O–H groups in total. The number of hydrogen-bond acceptors (Lipinski definition) is 3. The molecule has 0 spiro atoms. The fourth-order valence-electron chi connectivity index (χ4n) is 2.96. The van der Waals surface area contributed by atoms with E-state index >= 15 is 0 Å². The summed E-state index contributed by atoms with van der Waals surface area (Å²) in [5, 5.41) is 13.5. The quantitative estimate of drug-likeness (QED) is 0.782. The topological polar surface area (TPSA) is 41.5 Å². The molecule has 4 heteroatoms. The van der Waals surface area contributed by atoms with Gasteiger partial charge in [0.15, 0.2) is 0 Å². The molecule has 21 heavy (non-hydrogen) atoms. The Hall–Kier alpha value is -0.580. The van der Waals surface area contributed by atoms with E-state index in [2.05, 4.69) is 28.2 Å². The lowest BCUT2D eigenvalue weighted by molar-refractivity contribution is 0.1000. The molecule has 3 unspecified atom stereocenters. The molecule has 1 aromatic rings. The zero-order valence-corrected chi connectivity index (χ0v) is 14.3. The molecule has 2 rings (SSSR count). The van der Waals surface area contributed by atoms with E-state index in [1.807, 2.05) is 24.3 Å². The number of hydrogen-bond donors (Lipinski definition) is 2. The maximum absolute atomic E-state index is 10.0. The molecule has 0 aliphatic heterocycles. The molecule has 3 nitrogen and oxygen atoms in total. The lowest BCUT2D eigenvalue weighted by atomic mass is 9.84. The van der Waals surface area contributed by atoms with Gasteiger partial charge in [-0.15, -0.1) is 0 Å². The number of rotatable bonds is 7. The SMILES string of the molecule is CCC1CCCC(NCC(O)COc2cccc(Br)c2)C1. The average Bonchev–Trinajstić information content (AvgIpc) is 2.51. The molecule has 0 saturated heterocycles. The standard InChI is InChI=1S/C17H26BrNO2/c1-2-13-5-3-7-15(9-13)19-11-16(20)12-21-17-8-4-6-14(18)10-17/h4,6,8,10,13,15-16,19-20H,2-3,5,7,9,11-12H2,1H3. The highest BCUT2D eigenvalue weighted by atomic mass is 79.9. The first kappa shape index (κ1) is 16.8. The molecule has 1 saturated carbocycles. The highest BCUT2D eigenvalue weighted by molar-refractivity contribution is 9.10. The lowest BCUT2D eigenvalue weighted by Gasteiger charge is -2.29. The van der Waals surface area contributed by atoms with Crippen molar-refractivity contribution in [3.8, 4) is 5.75 Å². The van der Waals surface area contributed by atoms with Crippen LogP contribution in [0.1, 0.15) is 39.0 Å². The van der Waals surface area contributed by atoms with Gasteiger partial charge >= 0.3 is 0 Å². The molecule has 118 valence electrons. The van der Waals surface area contributed by atoms with Gasteiger partial charge in [-0.1, -0.05) is 48.2 Å². The molecule has 0 amide bonds. The molecule has 1 aliphatic carbocycles. The predicted molar refractivity (Wildman–Crippen MR) is 89.7 cm³/mol. The number of ether oxygens (including phenoxy) is 1. The first-order valence-electron chi connectivity index (χ1n) is 7.97.